The highest BCUT2D eigenvalue weighted by atomic mass is 16.6. The van der Waals surface area contributed by atoms with E-state index in [1.165, 1.54) is 0 Å². The van der Waals surface area contributed by atoms with Crippen molar-refractivity contribution in [2.24, 2.45) is 5.41 Å². The molecular formula is C19H27N3O4. The minimum atomic E-state index is -0.691. The summed E-state index contributed by atoms with van der Waals surface area (Å²) in [5, 5.41) is 19.8. The van der Waals surface area contributed by atoms with Crippen molar-refractivity contribution in [3.63, 3.8) is 0 Å². The molecule has 3 aliphatic heterocycles. The van der Waals surface area contributed by atoms with Crippen molar-refractivity contribution in [1.29, 1.82) is 0 Å². The average Bonchev–Trinajstić information content (AvgIpc) is 3.31. The lowest BCUT2D eigenvalue weighted by Crippen LogP contribution is -2.46. The number of carbonyl (C=O) groups excluding carboxylic acids is 1. The van der Waals surface area contributed by atoms with Gasteiger partial charge in [0.25, 0.3) is 0 Å². The number of methoxy groups -OCH3 is 1. The molecule has 1 aromatic rings. The van der Waals surface area contributed by atoms with Crippen LogP contribution in [0.5, 0.6) is 5.75 Å². The van der Waals surface area contributed by atoms with Gasteiger partial charge in [-0.25, -0.2) is 4.79 Å². The molecule has 2 bridgehead atoms. The Morgan fingerprint density at radius 2 is 2.08 bits per heavy atom. The maximum atomic E-state index is 12.2. The first-order chi connectivity index (χ1) is 12.6. The normalized spacial score (nSPS) is 35.0. The number of hydrogen-bond donors (Lipinski definition) is 4. The molecule has 0 spiro atoms. The highest BCUT2D eigenvalue weighted by molar-refractivity contribution is 5.67. The van der Waals surface area contributed by atoms with E-state index in [4.69, 9.17) is 9.47 Å². The average molecular weight is 361 g/mol. The number of amides is 1. The number of ether oxygens (including phenoxy) is 2. The Bertz CT molecular complexity index is 639. The van der Waals surface area contributed by atoms with Gasteiger partial charge < -0.3 is 30.5 Å². The van der Waals surface area contributed by atoms with Crippen LogP contribution in [0.1, 0.15) is 18.4 Å². The molecule has 3 heterocycles. The summed E-state index contributed by atoms with van der Waals surface area (Å²) in [6.45, 7) is 2.02. The molecule has 0 aromatic heterocycles. The molecule has 142 valence electrons. The van der Waals surface area contributed by atoms with Crippen LogP contribution >= 0.6 is 0 Å². The first kappa shape index (κ1) is 17.6. The van der Waals surface area contributed by atoms with Crippen LogP contribution in [0.3, 0.4) is 0 Å². The van der Waals surface area contributed by atoms with E-state index >= 15 is 0 Å². The molecule has 1 amide bonds. The van der Waals surface area contributed by atoms with Gasteiger partial charge in [-0.05, 0) is 37.0 Å². The Kier molecular flexibility index (Phi) is 4.77. The largest absolute Gasteiger partial charge is 0.497 e. The van der Waals surface area contributed by atoms with Crippen molar-refractivity contribution in [3.05, 3.63) is 29.8 Å². The Morgan fingerprint density at radius 3 is 2.73 bits per heavy atom. The molecule has 0 unspecified atom stereocenters. The van der Waals surface area contributed by atoms with E-state index in [-0.39, 0.29) is 11.5 Å². The highest BCUT2D eigenvalue weighted by Crippen LogP contribution is 2.45. The summed E-state index contributed by atoms with van der Waals surface area (Å²) >= 11 is 0. The SMILES string of the molecule is COc1ccc(C[C@H]2NC[C@H](O)[C@H]2OC(=O)NCC23CNC(C2)C3)cc1. The summed E-state index contributed by atoms with van der Waals surface area (Å²) in [5.74, 6) is 0.805. The summed E-state index contributed by atoms with van der Waals surface area (Å²) in [6, 6.07) is 8.31. The second kappa shape index (κ2) is 7.06. The minimum absolute atomic E-state index is 0.108. The van der Waals surface area contributed by atoms with Crippen LogP contribution in [0.2, 0.25) is 0 Å². The zero-order valence-electron chi connectivity index (χ0n) is 15.0. The lowest BCUT2D eigenvalue weighted by Gasteiger charge is -2.36. The van der Waals surface area contributed by atoms with Crippen LogP contribution in [0.25, 0.3) is 0 Å². The first-order valence-electron chi connectivity index (χ1n) is 9.29. The zero-order chi connectivity index (χ0) is 18.1. The zero-order valence-corrected chi connectivity index (χ0v) is 15.0. The van der Waals surface area contributed by atoms with Gasteiger partial charge in [0, 0.05) is 31.1 Å². The molecule has 0 radical (unpaired) electrons. The third kappa shape index (κ3) is 3.51. The molecule has 3 atom stereocenters. The van der Waals surface area contributed by atoms with Gasteiger partial charge in [0.05, 0.1) is 13.2 Å². The van der Waals surface area contributed by atoms with E-state index in [1.54, 1.807) is 7.11 Å². The van der Waals surface area contributed by atoms with Crippen molar-refractivity contribution in [2.45, 2.75) is 43.6 Å². The maximum Gasteiger partial charge on any atom is 0.407 e. The fourth-order valence-electron chi connectivity index (χ4n) is 4.40. The van der Waals surface area contributed by atoms with Crippen molar-refractivity contribution in [2.75, 3.05) is 26.7 Å². The maximum absolute atomic E-state index is 12.2. The second-order valence-corrected chi connectivity index (χ2v) is 7.84. The van der Waals surface area contributed by atoms with E-state index in [2.05, 4.69) is 16.0 Å². The summed E-state index contributed by atoms with van der Waals surface area (Å²) in [4.78, 5) is 12.2. The van der Waals surface area contributed by atoms with Crippen LogP contribution in [-0.2, 0) is 11.2 Å². The third-order valence-corrected chi connectivity index (χ3v) is 5.96. The van der Waals surface area contributed by atoms with E-state index in [9.17, 15) is 9.90 Å². The number of fused-ring (bicyclic) bond motifs is 1. The molecule has 5 rings (SSSR count). The molecule has 4 N–H and O–H groups in total. The van der Waals surface area contributed by atoms with Crippen LogP contribution in [-0.4, -0.2) is 62.2 Å². The molecule has 4 aliphatic rings. The van der Waals surface area contributed by atoms with Gasteiger partial charge in [-0.3, -0.25) is 0 Å². The topological polar surface area (TPSA) is 91.8 Å². The summed E-state index contributed by atoms with van der Waals surface area (Å²) in [5.41, 5.74) is 1.31. The van der Waals surface area contributed by atoms with Crippen LogP contribution in [0, 0.1) is 5.41 Å². The number of aliphatic hydroxyl groups excluding tert-OH is 1. The summed E-state index contributed by atoms with van der Waals surface area (Å²) in [6.07, 6.45) is 1.24. The Morgan fingerprint density at radius 1 is 1.31 bits per heavy atom. The van der Waals surface area contributed by atoms with E-state index in [1.807, 2.05) is 24.3 Å². The van der Waals surface area contributed by atoms with Crippen LogP contribution in [0.15, 0.2) is 24.3 Å². The Labute approximate surface area is 153 Å². The molecule has 1 aliphatic carbocycles. The lowest BCUT2D eigenvalue weighted by atomic mass is 9.70. The number of alkyl carbamates (subject to hydrolysis) is 1. The number of aliphatic hydroxyl groups is 1. The van der Waals surface area contributed by atoms with Gasteiger partial charge in [0.15, 0.2) is 0 Å². The quantitative estimate of drug-likeness (QED) is 0.587. The molecule has 4 fully saturated rings. The fraction of sp³-hybridized carbons (Fsp3) is 0.632. The standard InChI is InChI=1S/C19H27N3O4/c1-25-14-4-2-12(3-5-14)6-15-17(16(23)9-20-15)26-18(24)22-11-19-7-13(8-19)21-10-19/h2-5,13,15-17,20-21,23H,6-11H2,1H3,(H,22,24)/t13?,15-,16+,17+,19?/m1/s1. The first-order valence-corrected chi connectivity index (χ1v) is 9.29. The van der Waals surface area contributed by atoms with Crippen molar-refractivity contribution < 1.29 is 19.4 Å². The Hall–Kier alpha value is -1.83. The second-order valence-electron chi connectivity index (χ2n) is 7.84. The third-order valence-electron chi connectivity index (χ3n) is 5.96. The number of hydrogen-bond acceptors (Lipinski definition) is 6. The van der Waals surface area contributed by atoms with Crippen LogP contribution in [0.4, 0.5) is 4.79 Å². The van der Waals surface area contributed by atoms with Gasteiger partial charge in [-0.1, -0.05) is 12.1 Å². The smallest absolute Gasteiger partial charge is 0.407 e. The van der Waals surface area contributed by atoms with Crippen LogP contribution < -0.4 is 20.7 Å². The molecule has 7 heteroatoms. The number of rotatable bonds is 6. The van der Waals surface area contributed by atoms with Crippen molar-refractivity contribution >= 4 is 6.09 Å². The van der Waals surface area contributed by atoms with Gasteiger partial charge >= 0.3 is 6.09 Å². The van der Waals surface area contributed by atoms with Gasteiger partial charge in [-0.15, -0.1) is 0 Å². The van der Waals surface area contributed by atoms with Gasteiger partial charge in [0.1, 0.15) is 18.0 Å². The van der Waals surface area contributed by atoms with E-state index < -0.39 is 18.3 Å². The molecule has 26 heavy (non-hydrogen) atoms. The number of nitrogens with one attached hydrogen (secondary N) is 3. The molecule has 1 saturated carbocycles. The van der Waals surface area contributed by atoms with Crippen molar-refractivity contribution in [3.8, 4) is 5.75 Å². The number of benzene rings is 1. The summed E-state index contributed by atoms with van der Waals surface area (Å²) in [7, 11) is 1.64. The lowest BCUT2D eigenvalue weighted by molar-refractivity contribution is 0.0169. The van der Waals surface area contributed by atoms with Crippen molar-refractivity contribution in [1.82, 2.24) is 16.0 Å². The summed E-state index contributed by atoms with van der Waals surface area (Å²) < 4.78 is 10.7. The van der Waals surface area contributed by atoms with Gasteiger partial charge in [0.2, 0.25) is 0 Å². The van der Waals surface area contributed by atoms with Gasteiger partial charge in [-0.2, -0.15) is 0 Å². The Balaban J connectivity index is 1.30. The fourth-order valence-corrected chi connectivity index (χ4v) is 4.40. The highest BCUT2D eigenvalue weighted by Gasteiger charge is 2.50. The predicted molar refractivity (Wildman–Crippen MR) is 96.2 cm³/mol. The minimum Gasteiger partial charge on any atom is -0.497 e. The number of β-amino-alcohol motifs (C(OH)–C–C–N with tert-alkyl or cyclic N) is 1. The van der Waals surface area contributed by atoms with E-state index in [0.29, 0.717) is 25.6 Å². The molecule has 1 aromatic carbocycles. The molecule has 7 nitrogen and oxygen atoms in total. The molecule has 3 saturated heterocycles. The monoisotopic (exact) mass is 361 g/mol. The predicted octanol–water partition coefficient (Wildman–Crippen LogP) is 0.417. The number of carbonyl (C=O) groups is 1. The molecular weight excluding hydrogens is 334 g/mol. The van der Waals surface area contributed by atoms with E-state index in [0.717, 1.165) is 30.7 Å².